The largest absolute Gasteiger partial charge is 0.489 e. The van der Waals surface area contributed by atoms with E-state index in [1.54, 1.807) is 0 Å². The number of likely N-dealkylation sites (tertiary alicyclic amines) is 1. The first-order valence-corrected chi connectivity index (χ1v) is 10.7. The number of piperazine rings is 1. The Bertz CT molecular complexity index is 701. The van der Waals surface area contributed by atoms with Crippen molar-refractivity contribution in [3.05, 3.63) is 29.8 Å². The lowest BCUT2D eigenvalue weighted by atomic mass is 10.2. The van der Waals surface area contributed by atoms with Crippen molar-refractivity contribution < 1.29 is 9.53 Å². The van der Waals surface area contributed by atoms with E-state index in [1.165, 1.54) is 0 Å². The summed E-state index contributed by atoms with van der Waals surface area (Å²) in [6, 6.07) is 8.08. The van der Waals surface area contributed by atoms with Crippen molar-refractivity contribution in [2.45, 2.75) is 32.8 Å². The number of nitrogens with one attached hydrogen (secondary N) is 1. The zero-order chi connectivity index (χ0) is 20.6. The van der Waals surface area contributed by atoms with Gasteiger partial charge in [0, 0.05) is 46.3 Å². The van der Waals surface area contributed by atoms with Crippen LogP contribution in [0.2, 0.25) is 0 Å². The molecule has 2 aliphatic rings. The normalized spacial score (nSPS) is 18.7. The number of rotatable bonds is 6. The number of nitrogens with zero attached hydrogens (tertiary/aromatic N) is 4. The second kappa shape index (κ2) is 12.3. The van der Waals surface area contributed by atoms with Gasteiger partial charge in [0.05, 0.1) is 13.1 Å². The molecule has 0 aliphatic carbocycles. The Morgan fingerprint density at radius 1 is 1.10 bits per heavy atom. The lowest BCUT2D eigenvalue weighted by Gasteiger charge is -2.36. The third-order valence-electron chi connectivity index (χ3n) is 5.67. The van der Waals surface area contributed by atoms with Gasteiger partial charge in [-0.3, -0.25) is 14.7 Å². The summed E-state index contributed by atoms with van der Waals surface area (Å²) in [5.41, 5.74) is 1.14. The fraction of sp³-hybridized carbons (Fsp3) is 0.636. The van der Waals surface area contributed by atoms with E-state index in [4.69, 9.17) is 4.74 Å². The highest BCUT2D eigenvalue weighted by Crippen LogP contribution is 2.17. The number of hydrogen-bond donors (Lipinski definition) is 1. The fourth-order valence-electron chi connectivity index (χ4n) is 3.89. The van der Waals surface area contributed by atoms with E-state index in [0.29, 0.717) is 13.1 Å². The quantitative estimate of drug-likeness (QED) is 0.348. The van der Waals surface area contributed by atoms with Crippen LogP contribution in [0.5, 0.6) is 5.75 Å². The first-order chi connectivity index (χ1) is 14.1. The van der Waals surface area contributed by atoms with E-state index < -0.39 is 0 Å². The van der Waals surface area contributed by atoms with Crippen LogP contribution >= 0.6 is 24.0 Å². The zero-order valence-electron chi connectivity index (χ0n) is 18.5. The van der Waals surface area contributed by atoms with Crippen molar-refractivity contribution >= 4 is 35.8 Å². The lowest BCUT2D eigenvalue weighted by Crippen LogP contribution is -2.54. The van der Waals surface area contributed by atoms with Crippen molar-refractivity contribution in [3.8, 4) is 5.75 Å². The summed E-state index contributed by atoms with van der Waals surface area (Å²) < 4.78 is 6.05. The molecule has 7 nitrogen and oxygen atoms in total. The average molecular weight is 529 g/mol. The number of aliphatic imine (C=N–C) groups is 1. The van der Waals surface area contributed by atoms with Crippen LogP contribution in [0.15, 0.2) is 29.3 Å². The van der Waals surface area contributed by atoms with E-state index in [-0.39, 0.29) is 36.0 Å². The third-order valence-corrected chi connectivity index (χ3v) is 5.67. The highest BCUT2D eigenvalue weighted by Gasteiger charge is 2.24. The molecule has 1 amide bonds. The van der Waals surface area contributed by atoms with Gasteiger partial charge in [-0.05, 0) is 38.3 Å². The molecule has 8 heteroatoms. The minimum atomic E-state index is 0. The zero-order valence-corrected chi connectivity index (χ0v) is 20.8. The lowest BCUT2D eigenvalue weighted by molar-refractivity contribution is -0.131. The van der Waals surface area contributed by atoms with Crippen LogP contribution in [0.1, 0.15) is 25.3 Å². The molecule has 1 aromatic carbocycles. The first kappa shape index (κ1) is 24.7. The van der Waals surface area contributed by atoms with Gasteiger partial charge in [-0.25, -0.2) is 0 Å². The topological polar surface area (TPSA) is 60.4 Å². The molecule has 3 rings (SSSR count). The molecule has 2 aliphatic heterocycles. The summed E-state index contributed by atoms with van der Waals surface area (Å²) in [6.45, 7) is 10.7. The summed E-state index contributed by atoms with van der Waals surface area (Å²) in [6.07, 6.45) is 2.33. The molecule has 0 saturated carbocycles. The number of carbonyl (C=O) groups excluding carboxylic acids is 1. The van der Waals surface area contributed by atoms with E-state index >= 15 is 0 Å². The maximum absolute atomic E-state index is 12.4. The predicted molar refractivity (Wildman–Crippen MR) is 132 cm³/mol. The van der Waals surface area contributed by atoms with Gasteiger partial charge in [0.25, 0.3) is 0 Å². The Hall–Kier alpha value is -1.55. The smallest absolute Gasteiger partial charge is 0.236 e. The molecular formula is C22H36IN5O2. The molecule has 30 heavy (non-hydrogen) atoms. The Balaban J connectivity index is 0.00000320. The summed E-state index contributed by atoms with van der Waals surface area (Å²) in [7, 11) is 1.82. The number of benzene rings is 1. The van der Waals surface area contributed by atoms with Crippen molar-refractivity contribution in [2.24, 2.45) is 4.99 Å². The number of aryl methyl sites for hydroxylation is 1. The third kappa shape index (κ3) is 7.01. The SMILES string of the molecule is CN=C(NCC(C)Oc1ccccc1C)N1CCN(CC(=O)N2CCCC2)CC1.I. The van der Waals surface area contributed by atoms with Crippen molar-refractivity contribution in [1.82, 2.24) is 20.0 Å². The van der Waals surface area contributed by atoms with Crippen LogP contribution in [0.3, 0.4) is 0 Å². The predicted octanol–water partition coefficient (Wildman–Crippen LogP) is 2.20. The number of para-hydroxylation sites is 1. The summed E-state index contributed by atoms with van der Waals surface area (Å²) in [5, 5.41) is 3.44. The number of ether oxygens (including phenoxy) is 1. The second-order valence-corrected chi connectivity index (χ2v) is 7.97. The van der Waals surface area contributed by atoms with Gasteiger partial charge in [-0.15, -0.1) is 24.0 Å². The van der Waals surface area contributed by atoms with Gasteiger partial charge in [-0.1, -0.05) is 18.2 Å². The molecule has 0 aromatic heterocycles. The summed E-state index contributed by atoms with van der Waals surface area (Å²) >= 11 is 0. The molecule has 168 valence electrons. The van der Waals surface area contributed by atoms with Crippen LogP contribution in [-0.4, -0.2) is 92.1 Å². The highest BCUT2D eigenvalue weighted by atomic mass is 127. The number of amides is 1. The fourth-order valence-corrected chi connectivity index (χ4v) is 3.89. The molecule has 2 fully saturated rings. The molecule has 2 heterocycles. The van der Waals surface area contributed by atoms with Crippen molar-refractivity contribution in [1.29, 1.82) is 0 Å². The van der Waals surface area contributed by atoms with Crippen molar-refractivity contribution in [2.75, 3.05) is 59.4 Å². The molecule has 2 saturated heterocycles. The van der Waals surface area contributed by atoms with Crippen LogP contribution in [0.4, 0.5) is 0 Å². The standard InChI is InChI=1S/C22H35N5O2.HI/c1-18-8-4-5-9-20(18)29-19(2)16-24-22(23-3)27-14-12-25(13-15-27)17-21(28)26-10-6-7-11-26;/h4-5,8-9,19H,6-7,10-17H2,1-3H3,(H,23,24);1H. The maximum atomic E-state index is 12.4. The minimum absolute atomic E-state index is 0. The van der Waals surface area contributed by atoms with E-state index in [0.717, 1.165) is 69.4 Å². The van der Waals surface area contributed by atoms with Crippen molar-refractivity contribution in [3.63, 3.8) is 0 Å². The number of hydrogen-bond acceptors (Lipinski definition) is 4. The highest BCUT2D eigenvalue weighted by molar-refractivity contribution is 14.0. The molecule has 0 spiro atoms. The van der Waals surface area contributed by atoms with E-state index in [2.05, 4.69) is 40.0 Å². The second-order valence-electron chi connectivity index (χ2n) is 7.97. The molecule has 1 unspecified atom stereocenters. The molecule has 1 N–H and O–H groups in total. The Kier molecular flexibility index (Phi) is 10.2. The number of halogens is 1. The van der Waals surface area contributed by atoms with Gasteiger partial charge in [-0.2, -0.15) is 0 Å². The minimum Gasteiger partial charge on any atom is -0.489 e. The monoisotopic (exact) mass is 529 g/mol. The maximum Gasteiger partial charge on any atom is 0.236 e. The Morgan fingerprint density at radius 2 is 1.77 bits per heavy atom. The first-order valence-electron chi connectivity index (χ1n) is 10.7. The van der Waals surface area contributed by atoms with Crippen LogP contribution in [0, 0.1) is 6.92 Å². The molecule has 0 radical (unpaired) electrons. The average Bonchev–Trinajstić information content (AvgIpc) is 3.26. The van der Waals surface area contributed by atoms with Gasteiger partial charge >= 0.3 is 0 Å². The molecule has 0 bridgehead atoms. The number of carbonyl (C=O) groups is 1. The van der Waals surface area contributed by atoms with Gasteiger partial charge in [0.15, 0.2) is 5.96 Å². The van der Waals surface area contributed by atoms with E-state index in [9.17, 15) is 4.79 Å². The summed E-state index contributed by atoms with van der Waals surface area (Å²) in [4.78, 5) is 23.3. The van der Waals surface area contributed by atoms with Gasteiger partial charge in [0.1, 0.15) is 11.9 Å². The molecule has 1 atom stereocenters. The Morgan fingerprint density at radius 3 is 2.40 bits per heavy atom. The van der Waals surface area contributed by atoms with E-state index in [1.807, 2.05) is 30.1 Å². The molecular weight excluding hydrogens is 493 g/mol. The van der Waals surface area contributed by atoms with Crippen LogP contribution in [0.25, 0.3) is 0 Å². The van der Waals surface area contributed by atoms with Gasteiger partial charge < -0.3 is 19.9 Å². The number of guanidine groups is 1. The van der Waals surface area contributed by atoms with Crippen LogP contribution < -0.4 is 10.1 Å². The van der Waals surface area contributed by atoms with Crippen LogP contribution in [-0.2, 0) is 4.79 Å². The summed E-state index contributed by atoms with van der Waals surface area (Å²) in [5.74, 6) is 2.10. The van der Waals surface area contributed by atoms with Gasteiger partial charge in [0.2, 0.25) is 5.91 Å². The Labute approximate surface area is 197 Å². The molecule has 1 aromatic rings.